The summed E-state index contributed by atoms with van der Waals surface area (Å²) in [5.41, 5.74) is 0. The summed E-state index contributed by atoms with van der Waals surface area (Å²) in [6.07, 6.45) is -3.65. The smallest absolute Gasteiger partial charge is 0.361 e. The molecule has 6 heteroatoms. The second-order valence-corrected chi connectivity index (χ2v) is 5.70. The molecular weight excluding hydrogens is 249 g/mol. The minimum absolute atomic E-state index is 0.0735. The van der Waals surface area contributed by atoms with E-state index in [0.717, 1.165) is 17.3 Å². The Morgan fingerprint density at radius 3 is 2.76 bits per heavy atom. The number of aliphatic imine (C=N–C) groups is 1. The first kappa shape index (κ1) is 14.7. The lowest BCUT2D eigenvalue weighted by Gasteiger charge is -2.11. The van der Waals surface area contributed by atoms with E-state index in [9.17, 15) is 13.2 Å². The van der Waals surface area contributed by atoms with Crippen LogP contribution in [0.2, 0.25) is 0 Å². The van der Waals surface area contributed by atoms with Crippen LogP contribution in [-0.4, -0.2) is 29.7 Å². The topological polar surface area (TPSA) is 24.4 Å². The van der Waals surface area contributed by atoms with E-state index in [4.69, 9.17) is 0 Å². The van der Waals surface area contributed by atoms with E-state index in [2.05, 4.69) is 24.2 Å². The van der Waals surface area contributed by atoms with E-state index < -0.39 is 12.6 Å². The van der Waals surface area contributed by atoms with Crippen LogP contribution >= 0.6 is 11.8 Å². The van der Waals surface area contributed by atoms with Gasteiger partial charge in [0.1, 0.15) is 0 Å². The van der Waals surface area contributed by atoms with Crippen molar-refractivity contribution >= 4 is 16.9 Å². The third kappa shape index (κ3) is 6.81. The van der Waals surface area contributed by atoms with Gasteiger partial charge in [-0.05, 0) is 18.8 Å². The van der Waals surface area contributed by atoms with E-state index in [1.165, 1.54) is 0 Å². The Labute approximate surface area is 104 Å². The van der Waals surface area contributed by atoms with Crippen LogP contribution in [0.5, 0.6) is 0 Å². The molecule has 0 radical (unpaired) electrons. The van der Waals surface area contributed by atoms with Gasteiger partial charge < -0.3 is 5.32 Å². The molecule has 1 saturated heterocycles. The van der Waals surface area contributed by atoms with Crippen molar-refractivity contribution in [2.45, 2.75) is 45.3 Å². The van der Waals surface area contributed by atoms with Gasteiger partial charge in [-0.1, -0.05) is 25.6 Å². The lowest BCUT2D eigenvalue weighted by atomic mass is 10.1. The average molecular weight is 268 g/mol. The summed E-state index contributed by atoms with van der Waals surface area (Å²) in [6.45, 7) is 4.57. The molecule has 0 aromatic heterocycles. The number of halogens is 3. The molecule has 1 rings (SSSR count). The fourth-order valence-corrected chi connectivity index (χ4v) is 2.70. The molecule has 0 aromatic carbocycles. The Balaban J connectivity index is 2.20. The van der Waals surface area contributed by atoms with Crippen molar-refractivity contribution in [3.63, 3.8) is 0 Å². The van der Waals surface area contributed by atoms with Gasteiger partial charge in [-0.25, -0.2) is 0 Å². The molecule has 0 spiro atoms. The van der Waals surface area contributed by atoms with Crippen molar-refractivity contribution in [2.75, 3.05) is 12.3 Å². The zero-order chi connectivity index (χ0) is 12.9. The zero-order valence-corrected chi connectivity index (χ0v) is 11.0. The molecule has 1 heterocycles. The number of hydrogen-bond donors (Lipinski definition) is 1. The van der Waals surface area contributed by atoms with Crippen LogP contribution in [0.1, 0.15) is 33.1 Å². The van der Waals surface area contributed by atoms with Crippen LogP contribution in [0.4, 0.5) is 13.2 Å². The number of thioether (sulfide) groups is 1. The molecule has 100 valence electrons. The molecule has 1 fully saturated rings. The Morgan fingerprint density at radius 1 is 1.47 bits per heavy atom. The van der Waals surface area contributed by atoms with E-state index in [-0.39, 0.29) is 13.0 Å². The fourth-order valence-electron chi connectivity index (χ4n) is 1.68. The molecule has 1 atom stereocenters. The Hall–Kier alpha value is -0.390. The predicted molar refractivity (Wildman–Crippen MR) is 66.4 cm³/mol. The second kappa shape index (κ2) is 6.52. The van der Waals surface area contributed by atoms with Crippen molar-refractivity contribution in [2.24, 2.45) is 10.9 Å². The Morgan fingerprint density at radius 2 is 2.18 bits per heavy atom. The first-order valence-corrected chi connectivity index (χ1v) is 6.86. The van der Waals surface area contributed by atoms with Gasteiger partial charge in [0.05, 0.1) is 0 Å². The minimum atomic E-state index is -4.06. The highest BCUT2D eigenvalue weighted by Gasteiger charge is 2.26. The zero-order valence-electron chi connectivity index (χ0n) is 10.2. The van der Waals surface area contributed by atoms with Crippen molar-refractivity contribution in [3.8, 4) is 0 Å². The van der Waals surface area contributed by atoms with Gasteiger partial charge in [-0.3, -0.25) is 4.99 Å². The van der Waals surface area contributed by atoms with Gasteiger partial charge >= 0.3 is 6.18 Å². The monoisotopic (exact) mass is 268 g/mol. The van der Waals surface area contributed by atoms with Crippen molar-refractivity contribution in [1.29, 1.82) is 0 Å². The van der Waals surface area contributed by atoms with Gasteiger partial charge in [0, 0.05) is 24.8 Å². The fraction of sp³-hybridized carbons (Fsp3) is 0.909. The molecule has 0 amide bonds. The Kier molecular flexibility index (Phi) is 5.62. The number of amidine groups is 1. The van der Waals surface area contributed by atoms with Crippen LogP contribution in [0.25, 0.3) is 0 Å². The number of nitrogens with zero attached hydrogens (tertiary/aromatic N) is 1. The molecular formula is C11H19F3N2S. The molecule has 2 nitrogen and oxygen atoms in total. The Bertz CT molecular complexity index is 264. The van der Waals surface area contributed by atoms with Gasteiger partial charge in [-0.2, -0.15) is 13.2 Å². The maximum Gasteiger partial charge on any atom is 0.389 e. The third-order valence-electron chi connectivity index (χ3n) is 2.38. The molecule has 1 unspecified atom stereocenters. The largest absolute Gasteiger partial charge is 0.389 e. The summed E-state index contributed by atoms with van der Waals surface area (Å²) in [5, 5.41) is 4.06. The van der Waals surface area contributed by atoms with Crippen molar-refractivity contribution in [1.82, 2.24) is 5.32 Å². The van der Waals surface area contributed by atoms with Crippen LogP contribution in [-0.2, 0) is 0 Å². The summed E-state index contributed by atoms with van der Waals surface area (Å²) < 4.78 is 35.7. The van der Waals surface area contributed by atoms with Gasteiger partial charge in [0.2, 0.25) is 0 Å². The summed E-state index contributed by atoms with van der Waals surface area (Å²) in [7, 11) is 0. The number of nitrogens with one attached hydrogen (secondary N) is 1. The van der Waals surface area contributed by atoms with E-state index in [1.807, 2.05) is 0 Å². The lowest BCUT2D eigenvalue weighted by molar-refractivity contribution is -0.134. The highest BCUT2D eigenvalue weighted by atomic mass is 32.2. The quantitative estimate of drug-likeness (QED) is 0.772. The first-order valence-electron chi connectivity index (χ1n) is 5.87. The molecule has 1 aliphatic rings. The first-order chi connectivity index (χ1) is 7.87. The predicted octanol–water partition coefficient (Wildman–Crippen LogP) is 3.44. The number of rotatable bonds is 5. The van der Waals surface area contributed by atoms with Crippen molar-refractivity contribution in [3.05, 3.63) is 0 Å². The summed E-state index contributed by atoms with van der Waals surface area (Å²) in [6, 6.07) is 0.418. The second-order valence-electron chi connectivity index (χ2n) is 4.69. The molecule has 0 aliphatic carbocycles. The maximum atomic E-state index is 11.9. The van der Waals surface area contributed by atoms with E-state index in [0.29, 0.717) is 12.0 Å². The van der Waals surface area contributed by atoms with Gasteiger partial charge in [-0.15, -0.1) is 0 Å². The van der Waals surface area contributed by atoms with Crippen molar-refractivity contribution < 1.29 is 13.2 Å². The molecule has 1 aliphatic heterocycles. The summed E-state index contributed by atoms with van der Waals surface area (Å²) in [5.74, 6) is 1.59. The summed E-state index contributed by atoms with van der Waals surface area (Å²) in [4.78, 5) is 4.15. The van der Waals surface area contributed by atoms with Gasteiger partial charge in [0.25, 0.3) is 0 Å². The summed E-state index contributed by atoms with van der Waals surface area (Å²) >= 11 is 1.61. The van der Waals surface area contributed by atoms with Crippen LogP contribution in [0, 0.1) is 5.92 Å². The minimum Gasteiger partial charge on any atom is -0.361 e. The molecule has 0 aromatic rings. The number of hydrogen-bond acceptors (Lipinski definition) is 2. The molecule has 17 heavy (non-hydrogen) atoms. The highest BCUT2D eigenvalue weighted by molar-refractivity contribution is 8.14. The number of alkyl halides is 3. The van der Waals surface area contributed by atoms with E-state index >= 15 is 0 Å². The molecule has 0 saturated carbocycles. The lowest BCUT2D eigenvalue weighted by Crippen LogP contribution is -2.28. The molecule has 1 N–H and O–H groups in total. The van der Waals surface area contributed by atoms with Crippen LogP contribution in [0.15, 0.2) is 4.99 Å². The standard InChI is InChI=1S/C11H19F3N2S/c1-8(2)6-9-7-17-10(16-9)15-5-3-4-11(12,13)14/h8-9H,3-7H2,1-2H3,(H,15,16). The highest BCUT2D eigenvalue weighted by Crippen LogP contribution is 2.22. The van der Waals surface area contributed by atoms with E-state index in [1.54, 1.807) is 11.8 Å². The average Bonchev–Trinajstić information content (AvgIpc) is 2.58. The molecule has 0 bridgehead atoms. The SMILES string of the molecule is CC(C)CC1CSC(=NCCCC(F)(F)F)N1. The van der Waals surface area contributed by atoms with Crippen LogP contribution < -0.4 is 5.32 Å². The normalized spacial score (nSPS) is 23.4. The van der Waals surface area contributed by atoms with Gasteiger partial charge in [0.15, 0.2) is 5.17 Å². The van der Waals surface area contributed by atoms with Crippen LogP contribution in [0.3, 0.4) is 0 Å². The maximum absolute atomic E-state index is 11.9. The third-order valence-corrected chi connectivity index (χ3v) is 3.47.